The fourth-order valence-corrected chi connectivity index (χ4v) is 3.10. The average Bonchev–Trinajstić information content (AvgIpc) is 2.46. The monoisotopic (exact) mass is 351 g/mol. The maximum absolute atomic E-state index is 13.1. The van der Waals surface area contributed by atoms with Crippen LogP contribution in [0.1, 0.15) is 29.8 Å². The van der Waals surface area contributed by atoms with Crippen molar-refractivity contribution in [3.05, 3.63) is 53.6 Å². The van der Waals surface area contributed by atoms with Gasteiger partial charge in [-0.2, -0.15) is 0 Å². The maximum Gasteiger partial charge on any atom is 0.263 e. The van der Waals surface area contributed by atoms with Gasteiger partial charge in [-0.3, -0.25) is 14.5 Å². The molecule has 0 atom stereocenters. The van der Waals surface area contributed by atoms with E-state index in [1.807, 2.05) is 13.8 Å². The minimum absolute atomic E-state index is 0.00411. The number of carbonyl (C=O) groups is 1. The molecule has 24 heavy (non-hydrogen) atoms. The summed E-state index contributed by atoms with van der Waals surface area (Å²) < 4.78 is 40.0. The SMILES string of the molecule is Cc1cc(NS(=O)(=O)c2cncc(F)c2)ccc1C(=O)NC(C)C. The fourth-order valence-electron chi connectivity index (χ4n) is 2.08. The Morgan fingerprint density at radius 2 is 1.92 bits per heavy atom. The Hall–Kier alpha value is -2.48. The van der Waals surface area contributed by atoms with Crippen LogP contribution in [0.5, 0.6) is 0 Å². The highest BCUT2D eigenvalue weighted by Gasteiger charge is 2.17. The Bertz CT molecular complexity index is 867. The van der Waals surface area contributed by atoms with Gasteiger partial charge in [0.1, 0.15) is 10.7 Å². The molecule has 1 aromatic carbocycles. The Labute approximate surface area is 140 Å². The molecule has 0 aliphatic rings. The molecule has 2 N–H and O–H groups in total. The number of carbonyl (C=O) groups excluding carboxylic acids is 1. The zero-order valence-electron chi connectivity index (χ0n) is 13.5. The second kappa shape index (κ2) is 6.96. The van der Waals surface area contributed by atoms with Gasteiger partial charge in [-0.1, -0.05) is 0 Å². The molecular weight excluding hydrogens is 333 g/mol. The maximum atomic E-state index is 13.1. The third-order valence-corrected chi connectivity index (χ3v) is 4.48. The van der Waals surface area contributed by atoms with E-state index in [0.29, 0.717) is 11.1 Å². The van der Waals surface area contributed by atoms with Crippen LogP contribution in [0, 0.1) is 12.7 Å². The van der Waals surface area contributed by atoms with E-state index < -0.39 is 15.8 Å². The van der Waals surface area contributed by atoms with Crippen molar-refractivity contribution < 1.29 is 17.6 Å². The number of sulfonamides is 1. The number of benzene rings is 1. The van der Waals surface area contributed by atoms with Crippen LogP contribution >= 0.6 is 0 Å². The lowest BCUT2D eigenvalue weighted by atomic mass is 10.1. The first kappa shape index (κ1) is 17.9. The summed E-state index contributed by atoms with van der Waals surface area (Å²) in [6.07, 6.45) is 1.98. The number of aryl methyl sites for hydroxylation is 1. The smallest absolute Gasteiger partial charge is 0.263 e. The Morgan fingerprint density at radius 3 is 2.50 bits per heavy atom. The summed E-state index contributed by atoms with van der Waals surface area (Å²) in [7, 11) is -3.96. The molecule has 0 unspecified atom stereocenters. The van der Waals surface area contributed by atoms with Gasteiger partial charge in [0.05, 0.1) is 6.20 Å². The number of hydrogen-bond donors (Lipinski definition) is 2. The minimum atomic E-state index is -3.96. The summed E-state index contributed by atoms with van der Waals surface area (Å²) in [6.45, 7) is 5.41. The number of pyridine rings is 1. The third kappa shape index (κ3) is 4.29. The number of hydrogen-bond acceptors (Lipinski definition) is 4. The van der Waals surface area contributed by atoms with Gasteiger partial charge in [0, 0.05) is 23.5 Å². The van der Waals surface area contributed by atoms with Gasteiger partial charge in [-0.05, 0) is 50.6 Å². The first-order chi connectivity index (χ1) is 11.2. The molecule has 0 radical (unpaired) electrons. The molecule has 0 aliphatic heterocycles. The van der Waals surface area contributed by atoms with Crippen LogP contribution in [0.3, 0.4) is 0 Å². The van der Waals surface area contributed by atoms with Crippen molar-refractivity contribution in [3.8, 4) is 0 Å². The van der Waals surface area contributed by atoms with Crippen molar-refractivity contribution in [2.75, 3.05) is 4.72 Å². The first-order valence-electron chi connectivity index (χ1n) is 7.24. The van der Waals surface area contributed by atoms with E-state index in [-0.39, 0.29) is 22.5 Å². The lowest BCUT2D eigenvalue weighted by molar-refractivity contribution is 0.0942. The predicted octanol–water partition coefficient (Wildman–Crippen LogP) is 2.47. The minimum Gasteiger partial charge on any atom is -0.350 e. The van der Waals surface area contributed by atoms with E-state index in [2.05, 4.69) is 15.0 Å². The summed E-state index contributed by atoms with van der Waals surface area (Å²) in [6, 6.07) is 5.43. The predicted molar refractivity (Wildman–Crippen MR) is 88.8 cm³/mol. The molecule has 0 aliphatic carbocycles. The van der Waals surface area contributed by atoms with E-state index in [9.17, 15) is 17.6 Å². The van der Waals surface area contributed by atoms with Crippen molar-refractivity contribution in [2.24, 2.45) is 0 Å². The zero-order valence-corrected chi connectivity index (χ0v) is 14.3. The topological polar surface area (TPSA) is 88.2 Å². The number of nitrogens with zero attached hydrogens (tertiary/aromatic N) is 1. The van der Waals surface area contributed by atoms with Gasteiger partial charge in [-0.25, -0.2) is 12.8 Å². The van der Waals surface area contributed by atoms with Crippen LogP contribution < -0.4 is 10.0 Å². The number of amides is 1. The quantitative estimate of drug-likeness (QED) is 0.866. The summed E-state index contributed by atoms with van der Waals surface area (Å²) in [5.74, 6) is -0.971. The second-order valence-electron chi connectivity index (χ2n) is 5.60. The number of aromatic nitrogens is 1. The molecule has 8 heteroatoms. The van der Waals surface area contributed by atoms with Gasteiger partial charge < -0.3 is 5.32 Å². The van der Waals surface area contributed by atoms with Crippen LogP contribution in [0.2, 0.25) is 0 Å². The lowest BCUT2D eigenvalue weighted by Crippen LogP contribution is -2.30. The van der Waals surface area contributed by atoms with E-state index in [4.69, 9.17) is 0 Å². The molecule has 1 heterocycles. The van der Waals surface area contributed by atoms with Crippen molar-refractivity contribution in [2.45, 2.75) is 31.7 Å². The highest BCUT2D eigenvalue weighted by molar-refractivity contribution is 7.92. The molecule has 0 saturated carbocycles. The largest absolute Gasteiger partial charge is 0.350 e. The molecule has 0 fully saturated rings. The highest BCUT2D eigenvalue weighted by atomic mass is 32.2. The highest BCUT2D eigenvalue weighted by Crippen LogP contribution is 2.19. The zero-order chi connectivity index (χ0) is 17.9. The van der Waals surface area contributed by atoms with Gasteiger partial charge in [-0.15, -0.1) is 0 Å². The van der Waals surface area contributed by atoms with E-state index >= 15 is 0 Å². The molecule has 2 aromatic rings. The van der Waals surface area contributed by atoms with Crippen molar-refractivity contribution in [3.63, 3.8) is 0 Å². The molecule has 0 saturated heterocycles. The average molecular weight is 351 g/mol. The summed E-state index contributed by atoms with van der Waals surface area (Å²) in [5, 5.41) is 2.77. The van der Waals surface area contributed by atoms with Crippen molar-refractivity contribution in [1.82, 2.24) is 10.3 Å². The Balaban J connectivity index is 2.25. The van der Waals surface area contributed by atoms with Crippen LogP contribution in [0.25, 0.3) is 0 Å². The van der Waals surface area contributed by atoms with E-state index in [0.717, 1.165) is 18.5 Å². The fraction of sp³-hybridized carbons (Fsp3) is 0.250. The number of anilines is 1. The molecule has 128 valence electrons. The second-order valence-corrected chi connectivity index (χ2v) is 7.28. The summed E-state index contributed by atoms with van der Waals surface area (Å²) in [4.78, 5) is 15.3. The van der Waals surface area contributed by atoms with E-state index in [1.54, 1.807) is 13.0 Å². The van der Waals surface area contributed by atoms with E-state index in [1.165, 1.54) is 12.1 Å². The molecule has 1 aromatic heterocycles. The van der Waals surface area contributed by atoms with Crippen molar-refractivity contribution >= 4 is 21.6 Å². The van der Waals surface area contributed by atoms with Gasteiger partial charge >= 0.3 is 0 Å². The van der Waals surface area contributed by atoms with Crippen LogP contribution in [0.15, 0.2) is 41.6 Å². The molecular formula is C16H18FN3O3S. The number of halogens is 1. The Kier molecular flexibility index (Phi) is 5.18. The first-order valence-corrected chi connectivity index (χ1v) is 8.72. The van der Waals surface area contributed by atoms with Gasteiger partial charge in [0.15, 0.2) is 0 Å². The Morgan fingerprint density at radius 1 is 1.21 bits per heavy atom. The third-order valence-electron chi connectivity index (χ3n) is 3.13. The molecule has 0 bridgehead atoms. The van der Waals surface area contributed by atoms with Crippen LogP contribution in [0.4, 0.5) is 10.1 Å². The van der Waals surface area contributed by atoms with Crippen LogP contribution in [-0.2, 0) is 10.0 Å². The normalized spacial score (nSPS) is 11.4. The molecule has 6 nitrogen and oxygen atoms in total. The molecule has 0 spiro atoms. The van der Waals surface area contributed by atoms with Crippen LogP contribution in [-0.4, -0.2) is 25.4 Å². The summed E-state index contributed by atoms with van der Waals surface area (Å²) >= 11 is 0. The molecule has 1 amide bonds. The number of nitrogens with one attached hydrogen (secondary N) is 2. The van der Waals surface area contributed by atoms with Gasteiger partial charge in [0.25, 0.3) is 15.9 Å². The lowest BCUT2D eigenvalue weighted by Gasteiger charge is -2.13. The standard InChI is InChI=1S/C16H18FN3O3S/c1-10(2)19-16(21)15-5-4-13(6-11(15)3)20-24(22,23)14-7-12(17)8-18-9-14/h4-10,20H,1-3H3,(H,19,21). The summed E-state index contributed by atoms with van der Waals surface area (Å²) in [5.41, 5.74) is 1.35. The molecule has 2 rings (SSSR count). The van der Waals surface area contributed by atoms with Crippen molar-refractivity contribution in [1.29, 1.82) is 0 Å². The van der Waals surface area contributed by atoms with Gasteiger partial charge in [0.2, 0.25) is 0 Å². The number of rotatable bonds is 5.